The summed E-state index contributed by atoms with van der Waals surface area (Å²) in [6.07, 6.45) is 2.74. The summed E-state index contributed by atoms with van der Waals surface area (Å²) in [6, 6.07) is 23.7. The number of rotatable bonds is 7. The van der Waals surface area contributed by atoms with E-state index in [2.05, 4.69) is 17.4 Å². The first-order valence-corrected chi connectivity index (χ1v) is 12.1. The van der Waals surface area contributed by atoms with Crippen molar-refractivity contribution in [3.05, 3.63) is 95.8 Å². The Morgan fingerprint density at radius 1 is 0.871 bits per heavy atom. The summed E-state index contributed by atoms with van der Waals surface area (Å²) in [4.78, 5) is 0.297. The van der Waals surface area contributed by atoms with E-state index in [9.17, 15) is 12.8 Å². The van der Waals surface area contributed by atoms with E-state index in [0.29, 0.717) is 36.0 Å². The van der Waals surface area contributed by atoms with E-state index in [0.717, 1.165) is 24.9 Å². The van der Waals surface area contributed by atoms with Crippen LogP contribution in [0.25, 0.3) is 0 Å². The third-order valence-electron chi connectivity index (χ3n) is 5.87. The van der Waals surface area contributed by atoms with Crippen LogP contribution in [-0.2, 0) is 23.0 Å². The highest BCUT2D eigenvalue weighted by atomic mass is 32.2. The molecule has 0 saturated carbocycles. The molecule has 0 spiro atoms. The van der Waals surface area contributed by atoms with E-state index >= 15 is 0 Å². The van der Waals surface area contributed by atoms with E-state index < -0.39 is 10.0 Å². The van der Waals surface area contributed by atoms with Crippen LogP contribution in [0.5, 0.6) is 0 Å². The Labute approximate surface area is 183 Å². The minimum atomic E-state index is -3.50. The molecule has 1 saturated heterocycles. The second kappa shape index (κ2) is 9.62. The maximum Gasteiger partial charge on any atom is 0.243 e. The lowest BCUT2D eigenvalue weighted by atomic mass is 9.91. The second-order valence-corrected chi connectivity index (χ2v) is 9.94. The monoisotopic (exact) mass is 438 g/mol. The normalized spacial score (nSPS) is 15.6. The molecule has 0 radical (unpaired) electrons. The molecule has 6 heteroatoms. The molecule has 1 fully saturated rings. The van der Waals surface area contributed by atoms with Gasteiger partial charge in [0.25, 0.3) is 0 Å². The first kappa shape index (κ1) is 21.5. The number of hydrogen-bond acceptors (Lipinski definition) is 3. The topological polar surface area (TPSA) is 49.4 Å². The van der Waals surface area contributed by atoms with Crippen molar-refractivity contribution in [2.75, 3.05) is 18.4 Å². The molecule has 1 heterocycles. The highest BCUT2D eigenvalue weighted by Gasteiger charge is 2.29. The molecule has 31 heavy (non-hydrogen) atoms. The number of hydrogen-bond donors (Lipinski definition) is 1. The standard InChI is InChI=1S/C25H27FN2O2S/c26-25-9-5-4-8-22(25)19-27-23-10-12-24(13-11-23)31(29,30)28-16-14-21(15-17-28)18-20-6-2-1-3-7-20/h1-13,21,27H,14-19H2. The number of nitrogens with one attached hydrogen (secondary N) is 1. The minimum absolute atomic E-state index is 0.259. The van der Waals surface area contributed by atoms with Crippen LogP contribution in [0, 0.1) is 11.7 Å². The average Bonchev–Trinajstić information content (AvgIpc) is 2.80. The quantitative estimate of drug-likeness (QED) is 0.560. The van der Waals surface area contributed by atoms with Gasteiger partial charge in [-0.15, -0.1) is 0 Å². The van der Waals surface area contributed by atoms with E-state index in [1.165, 1.54) is 11.6 Å². The summed E-state index contributed by atoms with van der Waals surface area (Å²) < 4.78 is 41.4. The van der Waals surface area contributed by atoms with Crippen molar-refractivity contribution < 1.29 is 12.8 Å². The molecule has 0 aliphatic carbocycles. The van der Waals surface area contributed by atoms with Gasteiger partial charge in [-0.2, -0.15) is 4.31 Å². The molecule has 1 N–H and O–H groups in total. The molecule has 162 valence electrons. The Morgan fingerprint density at radius 2 is 1.52 bits per heavy atom. The average molecular weight is 439 g/mol. The predicted octanol–water partition coefficient (Wildman–Crippen LogP) is 5.08. The summed E-state index contributed by atoms with van der Waals surface area (Å²) in [5, 5.41) is 3.14. The highest BCUT2D eigenvalue weighted by molar-refractivity contribution is 7.89. The van der Waals surface area contributed by atoms with Gasteiger partial charge in [0.2, 0.25) is 10.0 Å². The van der Waals surface area contributed by atoms with E-state index in [1.807, 2.05) is 18.2 Å². The Bertz CT molecular complexity index is 1090. The lowest BCUT2D eigenvalue weighted by Crippen LogP contribution is -2.38. The van der Waals surface area contributed by atoms with Crippen LogP contribution in [0.1, 0.15) is 24.0 Å². The van der Waals surface area contributed by atoms with Gasteiger partial charge in [0.05, 0.1) is 4.90 Å². The molecular formula is C25H27FN2O2S. The maximum atomic E-state index is 13.7. The van der Waals surface area contributed by atoms with Gasteiger partial charge in [0, 0.05) is 30.9 Å². The van der Waals surface area contributed by atoms with Gasteiger partial charge in [0.1, 0.15) is 5.82 Å². The van der Waals surface area contributed by atoms with E-state index in [1.54, 1.807) is 46.8 Å². The van der Waals surface area contributed by atoms with Crippen molar-refractivity contribution >= 4 is 15.7 Å². The number of sulfonamides is 1. The van der Waals surface area contributed by atoms with Crippen LogP contribution in [0.3, 0.4) is 0 Å². The molecule has 4 nitrogen and oxygen atoms in total. The minimum Gasteiger partial charge on any atom is -0.381 e. The zero-order chi connectivity index (χ0) is 21.7. The zero-order valence-corrected chi connectivity index (χ0v) is 18.2. The Kier molecular flexibility index (Phi) is 6.68. The summed E-state index contributed by atoms with van der Waals surface area (Å²) >= 11 is 0. The molecule has 0 bridgehead atoms. The van der Waals surface area contributed by atoms with Crippen LogP contribution in [0.2, 0.25) is 0 Å². The van der Waals surface area contributed by atoms with Crippen molar-refractivity contribution in [1.29, 1.82) is 0 Å². The zero-order valence-electron chi connectivity index (χ0n) is 17.4. The molecule has 0 atom stereocenters. The largest absolute Gasteiger partial charge is 0.381 e. The number of anilines is 1. The molecule has 1 aliphatic heterocycles. The molecule has 3 aromatic rings. The summed E-state index contributed by atoms with van der Waals surface area (Å²) in [5.74, 6) is 0.253. The lowest BCUT2D eigenvalue weighted by molar-refractivity contribution is 0.273. The van der Waals surface area contributed by atoms with Crippen molar-refractivity contribution in [1.82, 2.24) is 4.31 Å². The van der Waals surface area contributed by atoms with Gasteiger partial charge in [-0.3, -0.25) is 0 Å². The number of halogens is 1. The molecular weight excluding hydrogens is 411 g/mol. The molecule has 0 aromatic heterocycles. The Morgan fingerprint density at radius 3 is 2.19 bits per heavy atom. The molecule has 1 aliphatic rings. The smallest absolute Gasteiger partial charge is 0.243 e. The van der Waals surface area contributed by atoms with Crippen molar-refractivity contribution in [2.24, 2.45) is 5.92 Å². The fourth-order valence-corrected chi connectivity index (χ4v) is 5.50. The molecule has 3 aromatic carbocycles. The first-order valence-electron chi connectivity index (χ1n) is 10.6. The van der Waals surface area contributed by atoms with Gasteiger partial charge >= 0.3 is 0 Å². The second-order valence-electron chi connectivity index (χ2n) is 8.01. The van der Waals surface area contributed by atoms with Crippen LogP contribution in [0.4, 0.5) is 10.1 Å². The van der Waals surface area contributed by atoms with Gasteiger partial charge in [-0.05, 0) is 61.1 Å². The van der Waals surface area contributed by atoms with Crippen molar-refractivity contribution in [2.45, 2.75) is 30.7 Å². The third-order valence-corrected chi connectivity index (χ3v) is 7.79. The molecule has 0 unspecified atom stereocenters. The van der Waals surface area contributed by atoms with Gasteiger partial charge in [0.15, 0.2) is 0 Å². The SMILES string of the molecule is O=S(=O)(c1ccc(NCc2ccccc2F)cc1)N1CCC(Cc2ccccc2)CC1. The Balaban J connectivity index is 1.34. The van der Waals surface area contributed by atoms with E-state index in [4.69, 9.17) is 0 Å². The maximum absolute atomic E-state index is 13.7. The number of benzene rings is 3. The fourth-order valence-electron chi connectivity index (χ4n) is 4.03. The highest BCUT2D eigenvalue weighted by Crippen LogP contribution is 2.27. The van der Waals surface area contributed by atoms with Gasteiger partial charge in [-0.1, -0.05) is 48.5 Å². The first-order chi connectivity index (χ1) is 15.0. The lowest BCUT2D eigenvalue weighted by Gasteiger charge is -2.31. The molecule has 4 rings (SSSR count). The van der Waals surface area contributed by atoms with Crippen LogP contribution >= 0.6 is 0 Å². The summed E-state index contributed by atoms with van der Waals surface area (Å²) in [7, 11) is -3.50. The molecule has 0 amide bonds. The predicted molar refractivity (Wildman–Crippen MR) is 122 cm³/mol. The van der Waals surface area contributed by atoms with Crippen LogP contribution in [0.15, 0.2) is 83.8 Å². The van der Waals surface area contributed by atoms with Crippen molar-refractivity contribution in [3.63, 3.8) is 0 Å². The van der Waals surface area contributed by atoms with Crippen LogP contribution < -0.4 is 5.32 Å². The van der Waals surface area contributed by atoms with Crippen molar-refractivity contribution in [3.8, 4) is 0 Å². The summed E-state index contributed by atoms with van der Waals surface area (Å²) in [5.41, 5.74) is 2.63. The van der Waals surface area contributed by atoms with Gasteiger partial charge in [-0.25, -0.2) is 12.8 Å². The third kappa shape index (κ3) is 5.32. The Hall–Kier alpha value is -2.70. The van der Waals surface area contributed by atoms with Gasteiger partial charge < -0.3 is 5.32 Å². The number of piperidine rings is 1. The summed E-state index contributed by atoms with van der Waals surface area (Å²) in [6.45, 7) is 1.44. The van der Waals surface area contributed by atoms with Crippen LogP contribution in [-0.4, -0.2) is 25.8 Å². The number of nitrogens with zero attached hydrogens (tertiary/aromatic N) is 1. The fraction of sp³-hybridized carbons (Fsp3) is 0.280. The van der Waals surface area contributed by atoms with E-state index in [-0.39, 0.29) is 5.82 Å².